The highest BCUT2D eigenvalue weighted by molar-refractivity contribution is 7.58. The van der Waals surface area contributed by atoms with Gasteiger partial charge in [-0.2, -0.15) is 0 Å². The Morgan fingerprint density at radius 1 is 1.42 bits per heavy atom. The molecular formula is C9H17O2P. The SMILES string of the molecule is C=CCP(=O)(O)C1CCCCC1. The lowest BCUT2D eigenvalue weighted by molar-refractivity contribution is 0.424. The van der Waals surface area contributed by atoms with Crippen LogP contribution in [0.3, 0.4) is 0 Å². The lowest BCUT2D eigenvalue weighted by Crippen LogP contribution is -2.14. The Hall–Kier alpha value is -0.0700. The van der Waals surface area contributed by atoms with Crippen molar-refractivity contribution in [3.8, 4) is 0 Å². The highest BCUT2D eigenvalue weighted by Crippen LogP contribution is 2.51. The molecule has 1 atom stereocenters. The lowest BCUT2D eigenvalue weighted by Gasteiger charge is -2.25. The van der Waals surface area contributed by atoms with E-state index in [4.69, 9.17) is 0 Å². The van der Waals surface area contributed by atoms with E-state index in [1.807, 2.05) is 0 Å². The molecule has 12 heavy (non-hydrogen) atoms. The normalized spacial score (nSPS) is 24.8. The van der Waals surface area contributed by atoms with Crippen LogP contribution in [-0.2, 0) is 4.57 Å². The molecule has 0 aromatic carbocycles. The van der Waals surface area contributed by atoms with E-state index in [0.29, 0.717) is 0 Å². The molecule has 1 N–H and O–H groups in total. The summed E-state index contributed by atoms with van der Waals surface area (Å²) in [6.07, 6.45) is 7.18. The molecule has 1 rings (SSSR count). The minimum atomic E-state index is -2.89. The molecular weight excluding hydrogens is 171 g/mol. The first kappa shape index (κ1) is 10.0. The zero-order valence-electron chi connectivity index (χ0n) is 7.41. The van der Waals surface area contributed by atoms with Gasteiger partial charge in [-0.05, 0) is 12.8 Å². The summed E-state index contributed by atoms with van der Waals surface area (Å²) in [7, 11) is -2.89. The standard InChI is InChI=1S/C9H17O2P/c1-2-8-12(10,11)9-6-4-3-5-7-9/h2,9H,1,3-8H2,(H,10,11). The van der Waals surface area contributed by atoms with E-state index >= 15 is 0 Å². The van der Waals surface area contributed by atoms with Crippen LogP contribution in [0.15, 0.2) is 12.7 Å². The smallest absolute Gasteiger partial charge is 0.207 e. The third-order valence-electron chi connectivity index (χ3n) is 2.54. The maximum Gasteiger partial charge on any atom is 0.207 e. The largest absolute Gasteiger partial charge is 0.344 e. The van der Waals surface area contributed by atoms with Gasteiger partial charge in [0.15, 0.2) is 0 Å². The first-order valence-corrected chi connectivity index (χ1v) is 6.50. The Morgan fingerprint density at radius 3 is 2.50 bits per heavy atom. The van der Waals surface area contributed by atoms with Gasteiger partial charge in [-0.25, -0.2) is 0 Å². The summed E-state index contributed by atoms with van der Waals surface area (Å²) >= 11 is 0. The van der Waals surface area contributed by atoms with Crippen molar-refractivity contribution < 1.29 is 9.46 Å². The van der Waals surface area contributed by atoms with Crippen molar-refractivity contribution in [2.24, 2.45) is 0 Å². The lowest BCUT2D eigenvalue weighted by atomic mass is 10.0. The first-order valence-electron chi connectivity index (χ1n) is 4.59. The van der Waals surface area contributed by atoms with Crippen molar-refractivity contribution in [3.05, 3.63) is 12.7 Å². The Morgan fingerprint density at radius 2 is 2.00 bits per heavy atom. The molecule has 1 fully saturated rings. The van der Waals surface area contributed by atoms with Crippen LogP contribution in [0, 0.1) is 0 Å². The Labute approximate surface area is 74.1 Å². The van der Waals surface area contributed by atoms with Crippen molar-refractivity contribution in [2.75, 3.05) is 6.16 Å². The molecule has 2 nitrogen and oxygen atoms in total. The minimum absolute atomic E-state index is 0.0595. The van der Waals surface area contributed by atoms with Crippen molar-refractivity contribution in [1.82, 2.24) is 0 Å². The van der Waals surface area contributed by atoms with Crippen LogP contribution in [0.1, 0.15) is 32.1 Å². The molecule has 0 saturated heterocycles. The van der Waals surface area contributed by atoms with E-state index in [-0.39, 0.29) is 11.8 Å². The van der Waals surface area contributed by atoms with Gasteiger partial charge in [0.1, 0.15) is 0 Å². The minimum Gasteiger partial charge on any atom is -0.344 e. The van der Waals surface area contributed by atoms with Gasteiger partial charge in [0.2, 0.25) is 7.37 Å². The van der Waals surface area contributed by atoms with Crippen LogP contribution in [0.25, 0.3) is 0 Å². The van der Waals surface area contributed by atoms with Gasteiger partial charge in [0.25, 0.3) is 0 Å². The van der Waals surface area contributed by atoms with Crippen molar-refractivity contribution in [2.45, 2.75) is 37.8 Å². The molecule has 0 radical (unpaired) electrons. The van der Waals surface area contributed by atoms with Crippen LogP contribution in [0.5, 0.6) is 0 Å². The highest BCUT2D eigenvalue weighted by Gasteiger charge is 2.30. The van der Waals surface area contributed by atoms with Gasteiger partial charge in [-0.1, -0.05) is 25.3 Å². The van der Waals surface area contributed by atoms with E-state index < -0.39 is 7.37 Å². The van der Waals surface area contributed by atoms with Crippen LogP contribution in [-0.4, -0.2) is 16.7 Å². The first-order chi connectivity index (χ1) is 5.67. The average molecular weight is 188 g/mol. The van der Waals surface area contributed by atoms with Gasteiger partial charge in [-0.3, -0.25) is 4.57 Å². The van der Waals surface area contributed by atoms with Gasteiger partial charge < -0.3 is 4.89 Å². The Bertz CT molecular complexity index is 195. The zero-order chi connectivity index (χ0) is 9.03. The zero-order valence-corrected chi connectivity index (χ0v) is 8.30. The maximum absolute atomic E-state index is 11.7. The van der Waals surface area contributed by atoms with E-state index in [0.717, 1.165) is 25.7 Å². The summed E-state index contributed by atoms with van der Waals surface area (Å²) in [6, 6.07) is 0. The summed E-state index contributed by atoms with van der Waals surface area (Å²) in [5.41, 5.74) is 0.0595. The molecule has 0 bridgehead atoms. The average Bonchev–Trinajstić information content (AvgIpc) is 2.06. The molecule has 1 aliphatic carbocycles. The number of hydrogen-bond donors (Lipinski definition) is 1. The quantitative estimate of drug-likeness (QED) is 0.546. The van der Waals surface area contributed by atoms with E-state index in [2.05, 4.69) is 6.58 Å². The summed E-state index contributed by atoms with van der Waals surface area (Å²) < 4.78 is 11.7. The fourth-order valence-corrected chi connectivity index (χ4v) is 3.66. The summed E-state index contributed by atoms with van der Waals surface area (Å²) in [6.45, 7) is 3.51. The van der Waals surface area contributed by atoms with Crippen LogP contribution in [0.2, 0.25) is 0 Å². The fourth-order valence-electron chi connectivity index (χ4n) is 1.82. The second-order valence-corrected chi connectivity index (χ2v) is 6.13. The molecule has 1 saturated carbocycles. The Kier molecular flexibility index (Phi) is 3.54. The molecule has 0 aliphatic heterocycles. The molecule has 3 heteroatoms. The van der Waals surface area contributed by atoms with Crippen molar-refractivity contribution >= 4 is 7.37 Å². The van der Waals surface area contributed by atoms with Gasteiger partial charge in [-0.15, -0.1) is 6.58 Å². The molecule has 0 amide bonds. The van der Waals surface area contributed by atoms with E-state index in [1.165, 1.54) is 6.42 Å². The maximum atomic E-state index is 11.7. The molecule has 1 aliphatic rings. The van der Waals surface area contributed by atoms with E-state index in [9.17, 15) is 9.46 Å². The van der Waals surface area contributed by atoms with Crippen LogP contribution >= 0.6 is 7.37 Å². The van der Waals surface area contributed by atoms with Crippen molar-refractivity contribution in [3.63, 3.8) is 0 Å². The molecule has 0 heterocycles. The Balaban J connectivity index is 2.53. The highest BCUT2D eigenvalue weighted by atomic mass is 31.2. The van der Waals surface area contributed by atoms with Crippen LogP contribution in [0.4, 0.5) is 0 Å². The fraction of sp³-hybridized carbons (Fsp3) is 0.778. The number of allylic oxidation sites excluding steroid dienone is 1. The molecule has 0 aromatic heterocycles. The molecule has 70 valence electrons. The second-order valence-electron chi connectivity index (χ2n) is 3.52. The summed E-state index contributed by atoms with van der Waals surface area (Å²) in [5, 5.41) is 0. The van der Waals surface area contributed by atoms with E-state index in [1.54, 1.807) is 6.08 Å². The summed E-state index contributed by atoms with van der Waals surface area (Å²) in [5.74, 6) is 0. The molecule has 1 unspecified atom stereocenters. The van der Waals surface area contributed by atoms with Crippen LogP contribution < -0.4 is 0 Å². The molecule has 0 aromatic rings. The topological polar surface area (TPSA) is 37.3 Å². The predicted octanol–water partition coefficient (Wildman–Crippen LogP) is 2.78. The monoisotopic (exact) mass is 188 g/mol. The third-order valence-corrected chi connectivity index (χ3v) is 4.97. The van der Waals surface area contributed by atoms with Gasteiger partial charge in [0, 0.05) is 11.8 Å². The second kappa shape index (κ2) is 4.25. The number of rotatable bonds is 3. The van der Waals surface area contributed by atoms with Gasteiger partial charge in [0.05, 0.1) is 0 Å². The van der Waals surface area contributed by atoms with Gasteiger partial charge >= 0.3 is 0 Å². The van der Waals surface area contributed by atoms with Crippen molar-refractivity contribution in [1.29, 1.82) is 0 Å². The number of hydrogen-bond acceptors (Lipinski definition) is 1. The predicted molar refractivity (Wildman–Crippen MR) is 51.8 cm³/mol. The summed E-state index contributed by atoms with van der Waals surface area (Å²) in [4.78, 5) is 9.62. The third kappa shape index (κ3) is 2.46. The molecule has 0 spiro atoms.